The van der Waals surface area contributed by atoms with Crippen molar-refractivity contribution in [3.63, 3.8) is 0 Å². The Morgan fingerprint density at radius 1 is 1.18 bits per heavy atom. The molecule has 0 aliphatic heterocycles. The average molecular weight is 444 g/mol. The molecule has 0 bridgehead atoms. The number of hydrazone groups is 1. The molecule has 1 amide bonds. The summed E-state index contributed by atoms with van der Waals surface area (Å²) in [7, 11) is 1.51. The highest BCUT2D eigenvalue weighted by Crippen LogP contribution is 2.23. The molecule has 0 saturated carbocycles. The molecule has 3 rings (SSSR count). The van der Waals surface area contributed by atoms with Crippen molar-refractivity contribution in [2.75, 3.05) is 7.11 Å². The summed E-state index contributed by atoms with van der Waals surface area (Å²) in [6.07, 6.45) is 1.59. The molecule has 0 aliphatic rings. The Morgan fingerprint density at radius 2 is 1.89 bits per heavy atom. The minimum atomic E-state index is -0.373. The molecule has 0 aliphatic carbocycles. The number of carbonyl (C=O) groups is 1. The Morgan fingerprint density at radius 3 is 2.57 bits per heavy atom. The van der Waals surface area contributed by atoms with Gasteiger partial charge in [0.1, 0.15) is 11.6 Å². The molecule has 1 aromatic heterocycles. The van der Waals surface area contributed by atoms with Crippen molar-refractivity contribution in [3.8, 4) is 11.4 Å². The van der Waals surface area contributed by atoms with Gasteiger partial charge in [0.15, 0.2) is 0 Å². The van der Waals surface area contributed by atoms with Gasteiger partial charge in [-0.2, -0.15) is 5.10 Å². The van der Waals surface area contributed by atoms with E-state index in [0.29, 0.717) is 11.3 Å². The number of nitrogens with one attached hydrogen (secondary N) is 1. The van der Waals surface area contributed by atoms with E-state index < -0.39 is 0 Å². The topological polar surface area (TPSA) is 55.6 Å². The molecule has 2 aromatic carbocycles. The van der Waals surface area contributed by atoms with Gasteiger partial charge in [0.25, 0.3) is 5.91 Å². The second-order valence-corrected chi connectivity index (χ2v) is 7.10. The zero-order chi connectivity index (χ0) is 20.3. The van der Waals surface area contributed by atoms with Crippen molar-refractivity contribution >= 4 is 28.1 Å². The number of halogens is 2. The van der Waals surface area contributed by atoms with E-state index in [2.05, 4.69) is 26.5 Å². The van der Waals surface area contributed by atoms with E-state index in [1.54, 1.807) is 36.5 Å². The molecule has 5 nitrogen and oxygen atoms in total. The van der Waals surface area contributed by atoms with Gasteiger partial charge in [0.05, 0.1) is 18.9 Å². The van der Waals surface area contributed by atoms with Gasteiger partial charge in [-0.05, 0) is 62.4 Å². The van der Waals surface area contributed by atoms with E-state index in [-0.39, 0.29) is 11.7 Å². The van der Waals surface area contributed by atoms with Crippen LogP contribution in [0.5, 0.6) is 5.75 Å². The first kappa shape index (κ1) is 19.8. The normalized spacial score (nSPS) is 11.0. The number of ether oxygens (including phenoxy) is 1. The number of rotatable bonds is 5. The molecule has 7 heteroatoms. The molecule has 1 heterocycles. The molecule has 0 atom stereocenters. The monoisotopic (exact) mass is 443 g/mol. The van der Waals surface area contributed by atoms with E-state index in [1.807, 2.05) is 24.5 Å². The van der Waals surface area contributed by atoms with Crippen LogP contribution in [0.1, 0.15) is 27.3 Å². The van der Waals surface area contributed by atoms with Crippen LogP contribution < -0.4 is 10.2 Å². The summed E-state index contributed by atoms with van der Waals surface area (Å²) in [6, 6.07) is 13.4. The Labute approximate surface area is 171 Å². The second kappa shape index (κ2) is 8.39. The Balaban J connectivity index is 1.80. The molecular formula is C21H19BrFN3O2. The average Bonchev–Trinajstić information content (AvgIpc) is 2.96. The molecule has 0 saturated heterocycles. The highest BCUT2D eigenvalue weighted by atomic mass is 79.9. The summed E-state index contributed by atoms with van der Waals surface area (Å²) in [5, 5.41) is 4.08. The van der Waals surface area contributed by atoms with E-state index >= 15 is 0 Å². The Bertz CT molecular complexity index is 1040. The Hall–Kier alpha value is -2.93. The number of hydrogen-bond donors (Lipinski definition) is 1. The number of aromatic nitrogens is 1. The fourth-order valence-corrected chi connectivity index (χ4v) is 3.35. The molecule has 0 fully saturated rings. The number of carbonyl (C=O) groups excluding carboxylic acids is 1. The van der Waals surface area contributed by atoms with Gasteiger partial charge in [0, 0.05) is 27.1 Å². The first-order valence-corrected chi connectivity index (χ1v) is 9.32. The maximum absolute atomic E-state index is 13.2. The third-order valence-corrected chi connectivity index (χ3v) is 4.82. The minimum Gasteiger partial charge on any atom is -0.496 e. The molecule has 28 heavy (non-hydrogen) atoms. The van der Waals surface area contributed by atoms with Gasteiger partial charge < -0.3 is 9.30 Å². The molecule has 1 N–H and O–H groups in total. The zero-order valence-corrected chi connectivity index (χ0v) is 17.2. The summed E-state index contributed by atoms with van der Waals surface area (Å²) >= 11 is 3.35. The summed E-state index contributed by atoms with van der Waals surface area (Å²) < 4.78 is 21.2. The third kappa shape index (κ3) is 4.14. The fourth-order valence-electron chi connectivity index (χ4n) is 2.98. The van der Waals surface area contributed by atoms with Crippen LogP contribution in [0.25, 0.3) is 5.69 Å². The highest BCUT2D eigenvalue weighted by Gasteiger charge is 2.13. The predicted molar refractivity (Wildman–Crippen MR) is 111 cm³/mol. The SMILES string of the molecule is COc1ccc(Br)cc1C(=O)N/N=C\c1cc(C)n(-c2ccc(F)cc2)c1C. The van der Waals surface area contributed by atoms with Gasteiger partial charge >= 0.3 is 0 Å². The molecule has 0 spiro atoms. The van der Waals surface area contributed by atoms with Gasteiger partial charge in [0.2, 0.25) is 0 Å². The van der Waals surface area contributed by atoms with E-state index in [0.717, 1.165) is 27.1 Å². The lowest BCUT2D eigenvalue weighted by Crippen LogP contribution is -2.18. The lowest BCUT2D eigenvalue weighted by atomic mass is 10.2. The summed E-state index contributed by atoms with van der Waals surface area (Å²) in [6.45, 7) is 3.90. The molecule has 3 aromatic rings. The van der Waals surface area contributed by atoms with Crippen molar-refractivity contribution in [1.29, 1.82) is 0 Å². The smallest absolute Gasteiger partial charge is 0.275 e. The van der Waals surface area contributed by atoms with Crippen molar-refractivity contribution in [2.45, 2.75) is 13.8 Å². The first-order valence-electron chi connectivity index (χ1n) is 8.52. The van der Waals surface area contributed by atoms with Crippen LogP contribution in [0.2, 0.25) is 0 Å². The van der Waals surface area contributed by atoms with Gasteiger partial charge in [-0.15, -0.1) is 0 Å². The maximum atomic E-state index is 13.2. The summed E-state index contributed by atoms with van der Waals surface area (Å²) in [5.41, 5.74) is 6.52. The van der Waals surface area contributed by atoms with Crippen LogP contribution in [0.15, 0.2) is 58.1 Å². The van der Waals surface area contributed by atoms with Crippen molar-refractivity contribution in [3.05, 3.63) is 81.3 Å². The Kier molecular flexibility index (Phi) is 5.94. The highest BCUT2D eigenvalue weighted by molar-refractivity contribution is 9.10. The summed E-state index contributed by atoms with van der Waals surface area (Å²) in [4.78, 5) is 12.4. The van der Waals surface area contributed by atoms with Crippen molar-refractivity contribution in [2.24, 2.45) is 5.10 Å². The molecular weight excluding hydrogens is 425 g/mol. The number of methoxy groups -OCH3 is 1. The number of nitrogens with zero attached hydrogens (tertiary/aromatic N) is 2. The second-order valence-electron chi connectivity index (χ2n) is 6.18. The molecule has 0 unspecified atom stereocenters. The molecule has 144 valence electrons. The van der Waals surface area contributed by atoms with Crippen LogP contribution in [0.3, 0.4) is 0 Å². The first-order chi connectivity index (χ1) is 13.4. The lowest BCUT2D eigenvalue weighted by Gasteiger charge is -2.09. The maximum Gasteiger partial charge on any atom is 0.275 e. The van der Waals surface area contributed by atoms with Gasteiger partial charge in [-0.1, -0.05) is 15.9 Å². The lowest BCUT2D eigenvalue weighted by molar-refractivity contribution is 0.0952. The number of benzene rings is 2. The van der Waals surface area contributed by atoms with Crippen LogP contribution >= 0.6 is 15.9 Å². The van der Waals surface area contributed by atoms with Gasteiger partial charge in [-0.3, -0.25) is 4.79 Å². The largest absolute Gasteiger partial charge is 0.496 e. The van der Waals surface area contributed by atoms with E-state index in [9.17, 15) is 9.18 Å². The fraction of sp³-hybridized carbons (Fsp3) is 0.143. The van der Waals surface area contributed by atoms with Crippen LogP contribution in [0, 0.1) is 19.7 Å². The number of amides is 1. The van der Waals surface area contributed by atoms with Crippen molar-refractivity contribution in [1.82, 2.24) is 9.99 Å². The quantitative estimate of drug-likeness (QED) is 0.456. The van der Waals surface area contributed by atoms with Crippen LogP contribution in [-0.4, -0.2) is 23.8 Å². The molecule has 0 radical (unpaired) electrons. The minimum absolute atomic E-state index is 0.279. The van der Waals surface area contributed by atoms with E-state index in [1.165, 1.54) is 19.2 Å². The third-order valence-electron chi connectivity index (χ3n) is 4.33. The predicted octanol–water partition coefficient (Wildman–Crippen LogP) is 4.77. The zero-order valence-electron chi connectivity index (χ0n) is 15.7. The van der Waals surface area contributed by atoms with Crippen LogP contribution in [0.4, 0.5) is 4.39 Å². The number of aryl methyl sites for hydroxylation is 1. The standard InChI is InChI=1S/C21H19BrFN3O2/c1-13-10-15(14(2)26(13)18-7-5-17(23)6-8-18)12-24-25-21(27)19-11-16(22)4-9-20(19)28-3/h4-12H,1-3H3,(H,25,27)/b24-12-. The summed E-state index contributed by atoms with van der Waals surface area (Å²) in [5.74, 6) is -0.189. The van der Waals surface area contributed by atoms with Gasteiger partial charge in [-0.25, -0.2) is 9.82 Å². The van der Waals surface area contributed by atoms with Crippen molar-refractivity contribution < 1.29 is 13.9 Å². The number of hydrogen-bond acceptors (Lipinski definition) is 3. The van der Waals surface area contributed by atoms with Crippen LogP contribution in [-0.2, 0) is 0 Å². The van der Waals surface area contributed by atoms with E-state index in [4.69, 9.17) is 4.74 Å².